The van der Waals surface area contributed by atoms with Crippen molar-refractivity contribution in [1.29, 1.82) is 5.41 Å². The van der Waals surface area contributed by atoms with Gasteiger partial charge in [-0.3, -0.25) is 4.90 Å². The Kier molecular flexibility index (Phi) is 9.73. The quantitative estimate of drug-likeness (QED) is 0.252. The number of rotatable bonds is 14. The third-order valence-electron chi connectivity index (χ3n) is 7.37. The normalized spacial score (nSPS) is 16.6. The Morgan fingerprint density at radius 1 is 1.19 bits per heavy atom. The molecule has 3 heterocycles. The van der Waals surface area contributed by atoms with Crippen molar-refractivity contribution in [2.24, 2.45) is 0 Å². The van der Waals surface area contributed by atoms with E-state index in [0.717, 1.165) is 75.5 Å². The predicted octanol–water partition coefficient (Wildman–Crippen LogP) is 5.06. The zero-order valence-corrected chi connectivity index (χ0v) is 22.2. The maximum Gasteiger partial charge on any atom is 0.129 e. The Bertz CT molecular complexity index is 1010. The molecule has 1 atom stereocenters. The summed E-state index contributed by atoms with van der Waals surface area (Å²) in [6.07, 6.45) is 7.14. The molecule has 1 aromatic carbocycles. The molecule has 36 heavy (non-hydrogen) atoms. The molecule has 2 aliphatic heterocycles. The van der Waals surface area contributed by atoms with E-state index in [2.05, 4.69) is 46.7 Å². The number of aryl methyl sites for hydroxylation is 2. The van der Waals surface area contributed by atoms with Gasteiger partial charge in [0.05, 0.1) is 12.7 Å². The van der Waals surface area contributed by atoms with Crippen molar-refractivity contribution in [3.63, 3.8) is 0 Å². The SMILES string of the molecule is COCCNc1c(C(C)=N)cccc1C(C)N1CC(OCCCCCc2ccc3c(n2)NCCC3)C1. The minimum atomic E-state index is 0.271. The highest BCUT2D eigenvalue weighted by Gasteiger charge is 2.32. The zero-order chi connectivity index (χ0) is 25.3. The Morgan fingerprint density at radius 2 is 2.06 bits per heavy atom. The second kappa shape index (κ2) is 13.2. The molecule has 1 saturated heterocycles. The van der Waals surface area contributed by atoms with Gasteiger partial charge in [0, 0.05) is 68.6 Å². The van der Waals surface area contributed by atoms with Gasteiger partial charge in [0.15, 0.2) is 0 Å². The van der Waals surface area contributed by atoms with E-state index in [-0.39, 0.29) is 6.04 Å². The van der Waals surface area contributed by atoms with Crippen molar-refractivity contribution in [2.45, 2.75) is 64.5 Å². The van der Waals surface area contributed by atoms with E-state index < -0.39 is 0 Å². The first kappa shape index (κ1) is 26.6. The summed E-state index contributed by atoms with van der Waals surface area (Å²) in [5.41, 5.74) is 6.39. The number of anilines is 2. The number of benzene rings is 1. The van der Waals surface area contributed by atoms with Gasteiger partial charge >= 0.3 is 0 Å². The molecule has 4 rings (SSSR count). The number of likely N-dealkylation sites (tertiary alicyclic amines) is 1. The number of methoxy groups -OCH3 is 1. The monoisotopic (exact) mass is 493 g/mol. The first-order valence-electron chi connectivity index (χ1n) is 13.6. The smallest absolute Gasteiger partial charge is 0.129 e. The lowest BCUT2D eigenvalue weighted by Crippen LogP contribution is -2.53. The van der Waals surface area contributed by atoms with Crippen LogP contribution in [0.1, 0.15) is 68.0 Å². The fraction of sp³-hybridized carbons (Fsp3) is 0.586. The minimum absolute atomic E-state index is 0.271. The maximum atomic E-state index is 8.19. The summed E-state index contributed by atoms with van der Waals surface area (Å²) < 4.78 is 11.4. The number of para-hydroxylation sites is 1. The minimum Gasteiger partial charge on any atom is -0.383 e. The van der Waals surface area contributed by atoms with Gasteiger partial charge in [-0.2, -0.15) is 0 Å². The topological polar surface area (TPSA) is 82.5 Å². The van der Waals surface area contributed by atoms with E-state index in [9.17, 15) is 0 Å². The molecular weight excluding hydrogens is 450 g/mol. The van der Waals surface area contributed by atoms with Gasteiger partial charge in [-0.25, -0.2) is 4.98 Å². The average Bonchev–Trinajstić information content (AvgIpc) is 2.86. The van der Waals surface area contributed by atoms with Crippen LogP contribution in [0.5, 0.6) is 0 Å². The summed E-state index contributed by atoms with van der Waals surface area (Å²) in [5.74, 6) is 1.10. The van der Waals surface area contributed by atoms with Crippen LogP contribution in [0.3, 0.4) is 0 Å². The first-order valence-corrected chi connectivity index (χ1v) is 13.6. The van der Waals surface area contributed by atoms with E-state index in [4.69, 9.17) is 19.9 Å². The summed E-state index contributed by atoms with van der Waals surface area (Å²) >= 11 is 0. The van der Waals surface area contributed by atoms with E-state index in [1.807, 2.05) is 13.0 Å². The van der Waals surface area contributed by atoms with E-state index >= 15 is 0 Å². The Labute approximate surface area is 216 Å². The number of hydrogen-bond donors (Lipinski definition) is 3. The number of unbranched alkanes of at least 4 members (excludes halogenated alkanes) is 2. The second-order valence-electron chi connectivity index (χ2n) is 10.1. The molecule has 1 aromatic heterocycles. The first-order chi connectivity index (χ1) is 17.6. The molecule has 7 nitrogen and oxygen atoms in total. The van der Waals surface area contributed by atoms with Crippen LogP contribution in [0.25, 0.3) is 0 Å². The van der Waals surface area contributed by atoms with Crippen LogP contribution in [0.4, 0.5) is 11.5 Å². The van der Waals surface area contributed by atoms with Crippen molar-refractivity contribution in [3.05, 3.63) is 52.7 Å². The Morgan fingerprint density at radius 3 is 2.86 bits per heavy atom. The molecule has 2 aromatic rings. The molecule has 3 N–H and O–H groups in total. The lowest BCUT2D eigenvalue weighted by atomic mass is 9.96. The lowest BCUT2D eigenvalue weighted by molar-refractivity contribution is -0.0705. The van der Waals surface area contributed by atoms with Crippen LogP contribution in [-0.2, 0) is 22.3 Å². The molecule has 0 amide bonds. The zero-order valence-electron chi connectivity index (χ0n) is 22.2. The summed E-state index contributed by atoms with van der Waals surface area (Å²) in [7, 11) is 1.71. The number of fused-ring (bicyclic) bond motifs is 1. The van der Waals surface area contributed by atoms with Gasteiger partial charge < -0.3 is 25.5 Å². The van der Waals surface area contributed by atoms with Crippen LogP contribution in [0.2, 0.25) is 0 Å². The number of pyridine rings is 1. The molecule has 1 fully saturated rings. The van der Waals surface area contributed by atoms with Crippen LogP contribution >= 0.6 is 0 Å². The predicted molar refractivity (Wildman–Crippen MR) is 148 cm³/mol. The Balaban J connectivity index is 1.16. The average molecular weight is 494 g/mol. The summed E-state index contributed by atoms with van der Waals surface area (Å²) in [4.78, 5) is 7.26. The number of ether oxygens (including phenoxy) is 2. The van der Waals surface area contributed by atoms with Crippen molar-refractivity contribution >= 4 is 17.2 Å². The van der Waals surface area contributed by atoms with Gasteiger partial charge in [-0.15, -0.1) is 0 Å². The van der Waals surface area contributed by atoms with Crippen LogP contribution in [-0.4, -0.2) is 68.2 Å². The van der Waals surface area contributed by atoms with Crippen LogP contribution in [0, 0.1) is 5.41 Å². The highest BCUT2D eigenvalue weighted by Crippen LogP contribution is 2.33. The summed E-state index contributed by atoms with van der Waals surface area (Å²) in [5, 5.41) is 15.1. The highest BCUT2D eigenvalue weighted by atomic mass is 16.5. The standard InChI is InChI=1S/C29H43N5O2/c1-21(30)26-11-7-12-27(28(26)31-16-18-35-3)22(2)34-19-25(20-34)36-17-6-4-5-10-24-14-13-23-9-8-15-32-29(23)33-24/h7,11-14,22,25,30-31H,4-6,8-10,15-20H2,1-3H3,(H,32,33). The number of nitrogens with zero attached hydrogens (tertiary/aromatic N) is 2. The molecule has 2 aliphatic rings. The Hall–Kier alpha value is -2.48. The van der Waals surface area contributed by atoms with Gasteiger partial charge in [0.1, 0.15) is 5.82 Å². The molecule has 0 spiro atoms. The van der Waals surface area contributed by atoms with Crippen molar-refractivity contribution in [1.82, 2.24) is 9.88 Å². The molecule has 196 valence electrons. The van der Waals surface area contributed by atoms with Gasteiger partial charge in [0.25, 0.3) is 0 Å². The molecular formula is C29H43N5O2. The van der Waals surface area contributed by atoms with Crippen molar-refractivity contribution in [3.8, 4) is 0 Å². The largest absolute Gasteiger partial charge is 0.383 e. The van der Waals surface area contributed by atoms with E-state index in [1.54, 1.807) is 7.11 Å². The molecule has 0 bridgehead atoms. The third kappa shape index (κ3) is 6.84. The fourth-order valence-electron chi connectivity index (χ4n) is 5.14. The molecule has 7 heteroatoms. The van der Waals surface area contributed by atoms with Gasteiger partial charge in [-0.1, -0.05) is 30.7 Å². The van der Waals surface area contributed by atoms with Crippen LogP contribution in [0.15, 0.2) is 30.3 Å². The molecule has 0 saturated carbocycles. The number of hydrogen-bond acceptors (Lipinski definition) is 7. The third-order valence-corrected chi connectivity index (χ3v) is 7.37. The van der Waals surface area contributed by atoms with Gasteiger partial charge in [0.2, 0.25) is 0 Å². The van der Waals surface area contributed by atoms with Crippen LogP contribution < -0.4 is 10.6 Å². The lowest BCUT2D eigenvalue weighted by Gasteiger charge is -2.43. The fourth-order valence-corrected chi connectivity index (χ4v) is 5.14. The second-order valence-corrected chi connectivity index (χ2v) is 10.1. The van der Waals surface area contributed by atoms with Crippen molar-refractivity contribution < 1.29 is 9.47 Å². The van der Waals surface area contributed by atoms with Crippen molar-refractivity contribution in [2.75, 3.05) is 57.1 Å². The summed E-state index contributed by atoms with van der Waals surface area (Å²) in [6, 6.07) is 11.0. The number of nitrogens with one attached hydrogen (secondary N) is 3. The van der Waals surface area contributed by atoms with E-state index in [1.165, 1.54) is 29.7 Å². The highest BCUT2D eigenvalue weighted by molar-refractivity contribution is 6.02. The molecule has 1 unspecified atom stereocenters. The van der Waals surface area contributed by atoms with Gasteiger partial charge in [-0.05, 0) is 63.1 Å². The number of aromatic nitrogens is 1. The maximum absolute atomic E-state index is 8.19. The molecule has 0 aliphatic carbocycles. The molecule has 0 radical (unpaired) electrons. The summed E-state index contributed by atoms with van der Waals surface area (Å²) in [6.45, 7) is 9.25. The van der Waals surface area contributed by atoms with E-state index in [0.29, 0.717) is 18.4 Å².